The fraction of sp³-hybridized carbons (Fsp3) is 0.500. The molecule has 1 aliphatic rings. The first-order valence-corrected chi connectivity index (χ1v) is 5.12. The molecule has 0 heterocycles. The van der Waals surface area contributed by atoms with E-state index in [0.717, 1.165) is 5.75 Å². The number of hydrogen-bond donors (Lipinski definition) is 1. The summed E-state index contributed by atoms with van der Waals surface area (Å²) < 4.78 is 5.20. The second-order valence-corrected chi connectivity index (χ2v) is 4.14. The van der Waals surface area contributed by atoms with Crippen LogP contribution in [0.5, 0.6) is 5.75 Å². The Morgan fingerprint density at radius 3 is 2.86 bits per heavy atom. The summed E-state index contributed by atoms with van der Waals surface area (Å²) in [5.41, 5.74) is 7.23. The second-order valence-electron chi connectivity index (χ2n) is 4.14. The van der Waals surface area contributed by atoms with E-state index in [0.29, 0.717) is 17.9 Å². The number of nitrogens with two attached hydrogens (primary N) is 1. The maximum Gasteiger partial charge on any atom is 0.119 e. The number of methoxy groups -OCH3 is 1. The molecule has 3 atom stereocenters. The lowest BCUT2D eigenvalue weighted by atomic mass is 10.1. The number of rotatable bonds is 3. The van der Waals surface area contributed by atoms with Crippen LogP contribution in [0.2, 0.25) is 0 Å². The van der Waals surface area contributed by atoms with Crippen LogP contribution in [0.4, 0.5) is 0 Å². The van der Waals surface area contributed by atoms with Gasteiger partial charge >= 0.3 is 0 Å². The average molecular weight is 191 g/mol. The Bertz CT molecular complexity index is 322. The lowest BCUT2D eigenvalue weighted by Gasteiger charge is -2.05. The molecule has 76 valence electrons. The molecule has 1 aliphatic carbocycles. The minimum atomic E-state index is 0.311. The van der Waals surface area contributed by atoms with E-state index >= 15 is 0 Å². The molecule has 0 amide bonds. The van der Waals surface area contributed by atoms with Crippen LogP contribution in [0.3, 0.4) is 0 Å². The molecule has 0 saturated heterocycles. The summed E-state index contributed by atoms with van der Waals surface area (Å²) in [6.07, 6.45) is 1.23. The zero-order valence-electron chi connectivity index (χ0n) is 8.73. The maximum atomic E-state index is 5.86. The topological polar surface area (TPSA) is 35.2 Å². The van der Waals surface area contributed by atoms with E-state index in [1.807, 2.05) is 12.1 Å². The third-order valence-corrected chi connectivity index (χ3v) is 3.04. The normalized spacial score (nSPS) is 27.1. The molecule has 14 heavy (non-hydrogen) atoms. The molecule has 2 rings (SSSR count). The quantitative estimate of drug-likeness (QED) is 0.794. The molecule has 0 aromatic heterocycles. The SMILES string of the molecule is COc1cccc([C@@H]2C[C@H]2C(C)N)c1. The summed E-state index contributed by atoms with van der Waals surface area (Å²) in [5, 5.41) is 0. The van der Waals surface area contributed by atoms with Crippen LogP contribution >= 0.6 is 0 Å². The van der Waals surface area contributed by atoms with Crippen LogP contribution in [0, 0.1) is 5.92 Å². The summed E-state index contributed by atoms with van der Waals surface area (Å²) in [4.78, 5) is 0. The molecular formula is C12H17NO. The molecule has 2 nitrogen and oxygen atoms in total. The highest BCUT2D eigenvalue weighted by molar-refractivity contribution is 5.34. The molecule has 0 spiro atoms. The van der Waals surface area contributed by atoms with E-state index < -0.39 is 0 Å². The summed E-state index contributed by atoms with van der Waals surface area (Å²) in [6, 6.07) is 8.62. The van der Waals surface area contributed by atoms with Gasteiger partial charge < -0.3 is 10.5 Å². The van der Waals surface area contributed by atoms with Gasteiger partial charge in [-0.25, -0.2) is 0 Å². The van der Waals surface area contributed by atoms with Gasteiger partial charge in [-0.15, -0.1) is 0 Å². The van der Waals surface area contributed by atoms with Crippen molar-refractivity contribution in [3.8, 4) is 5.75 Å². The van der Waals surface area contributed by atoms with E-state index in [9.17, 15) is 0 Å². The third-order valence-electron chi connectivity index (χ3n) is 3.04. The summed E-state index contributed by atoms with van der Waals surface area (Å²) in [7, 11) is 1.70. The van der Waals surface area contributed by atoms with Crippen molar-refractivity contribution < 1.29 is 4.74 Å². The molecule has 1 aromatic rings. The Balaban J connectivity index is 2.11. The van der Waals surface area contributed by atoms with Crippen LogP contribution in [-0.4, -0.2) is 13.2 Å². The average Bonchev–Trinajstić information content (AvgIpc) is 2.97. The van der Waals surface area contributed by atoms with E-state index in [1.165, 1.54) is 12.0 Å². The molecule has 1 unspecified atom stereocenters. The Kier molecular flexibility index (Phi) is 2.46. The smallest absolute Gasteiger partial charge is 0.119 e. The fourth-order valence-corrected chi connectivity index (χ4v) is 2.05. The summed E-state index contributed by atoms with van der Waals surface area (Å²) in [6.45, 7) is 2.09. The first-order valence-electron chi connectivity index (χ1n) is 5.12. The van der Waals surface area contributed by atoms with E-state index in [1.54, 1.807) is 7.11 Å². The van der Waals surface area contributed by atoms with Gasteiger partial charge in [-0.3, -0.25) is 0 Å². The minimum Gasteiger partial charge on any atom is -0.497 e. The zero-order chi connectivity index (χ0) is 10.1. The highest BCUT2D eigenvalue weighted by atomic mass is 16.5. The van der Waals surface area contributed by atoms with Gasteiger partial charge in [0.15, 0.2) is 0 Å². The van der Waals surface area contributed by atoms with Crippen molar-refractivity contribution in [1.82, 2.24) is 0 Å². The Morgan fingerprint density at radius 1 is 1.50 bits per heavy atom. The molecule has 2 N–H and O–H groups in total. The molecule has 0 aliphatic heterocycles. The Morgan fingerprint density at radius 2 is 2.29 bits per heavy atom. The highest BCUT2D eigenvalue weighted by Gasteiger charge is 2.40. The van der Waals surface area contributed by atoms with Crippen LogP contribution in [0.1, 0.15) is 24.8 Å². The molecule has 2 heteroatoms. The zero-order valence-corrected chi connectivity index (χ0v) is 8.73. The summed E-state index contributed by atoms with van der Waals surface area (Å²) >= 11 is 0. The summed E-state index contributed by atoms with van der Waals surface area (Å²) in [5.74, 6) is 2.27. The van der Waals surface area contributed by atoms with Crippen LogP contribution in [0.25, 0.3) is 0 Å². The molecule has 1 fully saturated rings. The largest absolute Gasteiger partial charge is 0.497 e. The van der Waals surface area contributed by atoms with Gasteiger partial charge in [-0.2, -0.15) is 0 Å². The van der Waals surface area contributed by atoms with Crippen molar-refractivity contribution >= 4 is 0 Å². The molecular weight excluding hydrogens is 174 g/mol. The molecule has 1 aromatic carbocycles. The Hall–Kier alpha value is -1.02. The van der Waals surface area contributed by atoms with E-state index in [4.69, 9.17) is 10.5 Å². The van der Waals surface area contributed by atoms with Gasteiger partial charge in [-0.05, 0) is 42.9 Å². The third kappa shape index (κ3) is 1.75. The van der Waals surface area contributed by atoms with E-state index in [-0.39, 0.29) is 0 Å². The first-order chi connectivity index (χ1) is 6.72. The first kappa shape index (κ1) is 9.53. The van der Waals surface area contributed by atoms with Crippen molar-refractivity contribution in [1.29, 1.82) is 0 Å². The van der Waals surface area contributed by atoms with Crippen molar-refractivity contribution in [2.24, 2.45) is 11.7 Å². The predicted molar refractivity (Wildman–Crippen MR) is 57.5 cm³/mol. The number of ether oxygens (including phenoxy) is 1. The lowest BCUT2D eigenvalue weighted by Crippen LogP contribution is -2.17. The van der Waals surface area contributed by atoms with Crippen molar-refractivity contribution in [3.63, 3.8) is 0 Å². The molecule has 1 saturated carbocycles. The number of benzene rings is 1. The van der Waals surface area contributed by atoms with Crippen LogP contribution in [0.15, 0.2) is 24.3 Å². The Labute approximate surface area is 85.1 Å². The fourth-order valence-electron chi connectivity index (χ4n) is 2.05. The predicted octanol–water partition coefficient (Wildman–Crippen LogP) is 2.15. The second kappa shape index (κ2) is 3.62. The van der Waals surface area contributed by atoms with Gasteiger partial charge in [0, 0.05) is 6.04 Å². The maximum absolute atomic E-state index is 5.86. The molecule has 0 bridgehead atoms. The van der Waals surface area contributed by atoms with Gasteiger partial charge in [0.05, 0.1) is 7.11 Å². The van der Waals surface area contributed by atoms with Crippen molar-refractivity contribution in [3.05, 3.63) is 29.8 Å². The van der Waals surface area contributed by atoms with Crippen LogP contribution in [-0.2, 0) is 0 Å². The van der Waals surface area contributed by atoms with Gasteiger partial charge in [-0.1, -0.05) is 12.1 Å². The van der Waals surface area contributed by atoms with Gasteiger partial charge in [0.25, 0.3) is 0 Å². The highest BCUT2D eigenvalue weighted by Crippen LogP contribution is 2.49. The lowest BCUT2D eigenvalue weighted by molar-refractivity contribution is 0.414. The van der Waals surface area contributed by atoms with Gasteiger partial charge in [0.1, 0.15) is 5.75 Å². The van der Waals surface area contributed by atoms with Crippen molar-refractivity contribution in [2.45, 2.75) is 25.3 Å². The monoisotopic (exact) mass is 191 g/mol. The van der Waals surface area contributed by atoms with E-state index in [2.05, 4.69) is 19.1 Å². The van der Waals surface area contributed by atoms with Crippen LogP contribution < -0.4 is 10.5 Å². The minimum absolute atomic E-state index is 0.311. The molecule has 0 radical (unpaired) electrons. The number of hydrogen-bond acceptors (Lipinski definition) is 2. The standard InChI is InChI=1S/C12H17NO/c1-8(13)11-7-12(11)9-4-3-5-10(6-9)14-2/h3-6,8,11-12H,7,13H2,1-2H3/t8?,11-,12-/m0/s1. The van der Waals surface area contributed by atoms with Crippen molar-refractivity contribution in [2.75, 3.05) is 7.11 Å². The van der Waals surface area contributed by atoms with Gasteiger partial charge in [0.2, 0.25) is 0 Å².